The molecule has 6 heteroatoms. The second kappa shape index (κ2) is 4.30. The summed E-state index contributed by atoms with van der Waals surface area (Å²) in [5.41, 5.74) is 0.343. The second-order valence-corrected chi connectivity index (χ2v) is 5.28. The number of phenols is 4. The Morgan fingerprint density at radius 1 is 0.652 bits per heavy atom. The zero-order valence-electron chi connectivity index (χ0n) is 11.6. The van der Waals surface area contributed by atoms with Gasteiger partial charge in [0.05, 0.1) is 0 Å². The molecule has 4 N–H and O–H groups in total. The Labute approximate surface area is 128 Å². The molecule has 0 saturated heterocycles. The summed E-state index contributed by atoms with van der Waals surface area (Å²) in [7, 11) is 0. The van der Waals surface area contributed by atoms with E-state index in [1.54, 1.807) is 0 Å². The van der Waals surface area contributed by atoms with Gasteiger partial charge in [-0.25, -0.2) is 0 Å². The van der Waals surface area contributed by atoms with Crippen molar-refractivity contribution in [1.29, 1.82) is 0 Å². The number of rotatable bonds is 1. The maximum Gasteiger partial charge on any atom is 0.185 e. The molecule has 0 atom stereocenters. The van der Waals surface area contributed by atoms with Crippen LogP contribution in [0.3, 0.4) is 0 Å². The van der Waals surface area contributed by atoms with Gasteiger partial charge in [-0.15, -0.1) is 0 Å². The average molecular weight is 310 g/mol. The first-order chi connectivity index (χ1) is 11.0. The zero-order chi connectivity index (χ0) is 16.3. The van der Waals surface area contributed by atoms with Gasteiger partial charge in [-0.2, -0.15) is 0 Å². The number of furan rings is 1. The number of fused-ring (bicyclic) bond motifs is 6. The van der Waals surface area contributed by atoms with Crippen molar-refractivity contribution in [3.63, 3.8) is 0 Å². The summed E-state index contributed by atoms with van der Waals surface area (Å²) in [4.78, 5) is 11.0. The van der Waals surface area contributed by atoms with Crippen LogP contribution in [-0.2, 0) is 0 Å². The van der Waals surface area contributed by atoms with E-state index in [-0.39, 0.29) is 28.8 Å². The first-order valence-electron chi connectivity index (χ1n) is 6.71. The highest BCUT2D eigenvalue weighted by Crippen LogP contribution is 2.43. The standard InChI is InChI=1S/C17H10O6/c18-6-7-1-11-9-3-14(20)13(19)2-8(9)10-4-15(21)16(22)5-12(10)17(11)23-7/h1-6,19-22H. The highest BCUT2D eigenvalue weighted by Gasteiger charge is 2.17. The van der Waals surface area contributed by atoms with Crippen molar-refractivity contribution in [3.8, 4) is 23.0 Å². The second-order valence-electron chi connectivity index (χ2n) is 5.28. The summed E-state index contributed by atoms with van der Waals surface area (Å²) in [5.74, 6) is -1.19. The topological polar surface area (TPSA) is 111 Å². The third-order valence-corrected chi connectivity index (χ3v) is 3.92. The van der Waals surface area contributed by atoms with Gasteiger partial charge in [-0.1, -0.05) is 0 Å². The molecule has 23 heavy (non-hydrogen) atoms. The fourth-order valence-electron chi connectivity index (χ4n) is 2.88. The molecule has 0 aliphatic heterocycles. The van der Waals surface area contributed by atoms with E-state index >= 15 is 0 Å². The average Bonchev–Trinajstić information content (AvgIpc) is 2.96. The summed E-state index contributed by atoms with van der Waals surface area (Å²) in [6.07, 6.45) is 0.554. The number of hydrogen-bond donors (Lipinski definition) is 4. The zero-order valence-corrected chi connectivity index (χ0v) is 11.6. The van der Waals surface area contributed by atoms with Crippen molar-refractivity contribution in [1.82, 2.24) is 0 Å². The number of hydrogen-bond acceptors (Lipinski definition) is 6. The Morgan fingerprint density at radius 3 is 1.52 bits per heavy atom. The van der Waals surface area contributed by atoms with Crippen molar-refractivity contribution in [2.75, 3.05) is 0 Å². The third-order valence-electron chi connectivity index (χ3n) is 3.92. The van der Waals surface area contributed by atoms with Gasteiger partial charge < -0.3 is 24.8 Å². The lowest BCUT2D eigenvalue weighted by Gasteiger charge is -2.09. The molecule has 4 rings (SSSR count). The van der Waals surface area contributed by atoms with E-state index < -0.39 is 0 Å². The predicted molar refractivity (Wildman–Crippen MR) is 83.3 cm³/mol. The van der Waals surface area contributed by atoms with Crippen LogP contribution in [0.25, 0.3) is 32.5 Å². The number of phenolic OH excluding ortho intramolecular Hbond substituents is 4. The summed E-state index contributed by atoms with van der Waals surface area (Å²) in [6.45, 7) is 0. The highest BCUT2D eigenvalue weighted by molar-refractivity contribution is 6.25. The van der Waals surface area contributed by atoms with Gasteiger partial charge in [0.2, 0.25) is 0 Å². The Hall–Kier alpha value is -3.41. The van der Waals surface area contributed by atoms with Gasteiger partial charge in [-0.3, -0.25) is 4.79 Å². The van der Waals surface area contributed by atoms with Gasteiger partial charge in [0.15, 0.2) is 35.0 Å². The number of carbonyl (C=O) groups excluding carboxylic acids is 1. The molecule has 1 aromatic heterocycles. The lowest BCUT2D eigenvalue weighted by atomic mass is 9.97. The van der Waals surface area contributed by atoms with Crippen molar-refractivity contribution in [2.24, 2.45) is 0 Å². The maximum absolute atomic E-state index is 11.0. The Morgan fingerprint density at radius 2 is 1.04 bits per heavy atom. The largest absolute Gasteiger partial charge is 0.504 e. The van der Waals surface area contributed by atoms with E-state index in [9.17, 15) is 25.2 Å². The molecule has 6 nitrogen and oxygen atoms in total. The fraction of sp³-hybridized carbons (Fsp3) is 0. The van der Waals surface area contributed by atoms with Crippen molar-refractivity contribution >= 4 is 38.8 Å². The van der Waals surface area contributed by atoms with Crippen LogP contribution in [0.1, 0.15) is 10.6 Å². The SMILES string of the molecule is O=Cc1cc2c3cc(O)c(O)cc3c3cc(O)c(O)cc3c2o1. The van der Waals surface area contributed by atoms with Crippen LogP contribution >= 0.6 is 0 Å². The molecule has 1 heterocycles. The third kappa shape index (κ3) is 1.72. The van der Waals surface area contributed by atoms with Crippen LogP contribution in [0.5, 0.6) is 23.0 Å². The van der Waals surface area contributed by atoms with E-state index in [1.807, 2.05) is 0 Å². The van der Waals surface area contributed by atoms with E-state index in [2.05, 4.69) is 0 Å². The van der Waals surface area contributed by atoms with E-state index in [0.717, 1.165) is 0 Å². The first kappa shape index (κ1) is 13.3. The Balaban J connectivity index is 2.37. The number of carbonyl (C=O) groups is 1. The number of aldehydes is 1. The molecule has 0 amide bonds. The minimum absolute atomic E-state index is 0.0916. The lowest BCUT2D eigenvalue weighted by Crippen LogP contribution is -1.82. The van der Waals surface area contributed by atoms with Crippen molar-refractivity contribution < 1.29 is 29.6 Å². The molecule has 4 aromatic rings. The van der Waals surface area contributed by atoms with Crippen LogP contribution in [0.15, 0.2) is 34.7 Å². The highest BCUT2D eigenvalue weighted by atomic mass is 16.3. The summed E-state index contributed by atoms with van der Waals surface area (Å²) in [6, 6.07) is 6.90. The quantitative estimate of drug-likeness (QED) is 0.244. The van der Waals surface area contributed by atoms with Crippen LogP contribution < -0.4 is 0 Å². The molecule has 0 unspecified atom stereocenters. The Bertz CT molecular complexity index is 1040. The van der Waals surface area contributed by atoms with Crippen LogP contribution in [-0.4, -0.2) is 26.7 Å². The van der Waals surface area contributed by atoms with E-state index in [4.69, 9.17) is 4.42 Å². The van der Waals surface area contributed by atoms with Crippen molar-refractivity contribution in [2.45, 2.75) is 0 Å². The number of aromatic hydroxyl groups is 4. The molecule has 0 aliphatic rings. The molecule has 114 valence electrons. The summed E-state index contributed by atoms with van der Waals surface area (Å²) in [5, 5.41) is 41.7. The molecule has 3 aromatic carbocycles. The normalized spacial score (nSPS) is 11.5. The molecule has 0 saturated carbocycles. The minimum Gasteiger partial charge on any atom is -0.504 e. The van der Waals surface area contributed by atoms with Crippen molar-refractivity contribution in [3.05, 3.63) is 36.1 Å². The minimum atomic E-state index is -0.329. The molecule has 0 bridgehead atoms. The molecule has 0 radical (unpaired) electrons. The Kier molecular flexibility index (Phi) is 2.48. The van der Waals surface area contributed by atoms with Gasteiger partial charge in [-0.05, 0) is 46.5 Å². The van der Waals surface area contributed by atoms with E-state index in [1.165, 1.54) is 30.3 Å². The molecule has 0 aliphatic carbocycles. The van der Waals surface area contributed by atoms with Crippen LogP contribution in [0.4, 0.5) is 0 Å². The van der Waals surface area contributed by atoms with Gasteiger partial charge in [0.25, 0.3) is 0 Å². The first-order valence-corrected chi connectivity index (χ1v) is 6.71. The molecule has 0 fully saturated rings. The monoisotopic (exact) mass is 310 g/mol. The van der Waals surface area contributed by atoms with Gasteiger partial charge >= 0.3 is 0 Å². The lowest BCUT2D eigenvalue weighted by molar-refractivity contribution is 0.110. The molecule has 0 spiro atoms. The summed E-state index contributed by atoms with van der Waals surface area (Å²) >= 11 is 0. The molecular formula is C17H10O6. The van der Waals surface area contributed by atoms with Gasteiger partial charge in [0, 0.05) is 10.8 Å². The smallest absolute Gasteiger partial charge is 0.185 e. The van der Waals surface area contributed by atoms with Crippen LogP contribution in [0.2, 0.25) is 0 Å². The maximum atomic E-state index is 11.0. The van der Waals surface area contributed by atoms with Crippen LogP contribution in [0, 0.1) is 0 Å². The van der Waals surface area contributed by atoms with Gasteiger partial charge in [0.1, 0.15) is 5.58 Å². The summed E-state index contributed by atoms with van der Waals surface area (Å²) < 4.78 is 5.50. The number of benzene rings is 3. The fourth-order valence-corrected chi connectivity index (χ4v) is 2.88. The predicted octanol–water partition coefficient (Wildman–Crippen LogP) is 3.37. The molecular weight excluding hydrogens is 300 g/mol. The van der Waals surface area contributed by atoms with E-state index in [0.29, 0.717) is 38.8 Å².